The SMILES string of the molecule is Cc1ccc(S(=O)(=O)Nc2nc(CC(=O)Nc3ccccc3C(N)=O)cs2)cc1. The van der Waals surface area contributed by atoms with Crippen LogP contribution < -0.4 is 15.8 Å². The van der Waals surface area contributed by atoms with E-state index in [1.165, 1.54) is 18.2 Å². The Balaban J connectivity index is 1.67. The first-order valence-corrected chi connectivity index (χ1v) is 10.8. The standard InChI is InChI=1S/C19H18N4O4S2/c1-12-6-8-14(9-7-12)29(26,27)23-19-21-13(11-28-19)10-17(24)22-16-5-3-2-4-15(16)18(20)25/h2-9,11H,10H2,1H3,(H2,20,25)(H,21,23)(H,22,24). The van der Waals surface area contributed by atoms with Crippen LogP contribution in [-0.4, -0.2) is 25.2 Å². The summed E-state index contributed by atoms with van der Waals surface area (Å²) >= 11 is 1.08. The smallest absolute Gasteiger partial charge is 0.263 e. The van der Waals surface area contributed by atoms with Crippen LogP contribution in [0.15, 0.2) is 58.8 Å². The molecule has 0 aliphatic rings. The topological polar surface area (TPSA) is 131 Å². The molecule has 8 nitrogen and oxygen atoms in total. The van der Waals surface area contributed by atoms with Crippen molar-refractivity contribution in [3.05, 3.63) is 70.7 Å². The Morgan fingerprint density at radius 1 is 1.10 bits per heavy atom. The molecule has 0 spiro atoms. The summed E-state index contributed by atoms with van der Waals surface area (Å²) in [6, 6.07) is 12.8. The summed E-state index contributed by atoms with van der Waals surface area (Å²) in [6.45, 7) is 1.86. The number of aromatic nitrogens is 1. The number of nitrogens with two attached hydrogens (primary N) is 1. The largest absolute Gasteiger partial charge is 0.366 e. The summed E-state index contributed by atoms with van der Waals surface area (Å²) in [5.41, 5.74) is 7.14. The van der Waals surface area contributed by atoms with E-state index in [2.05, 4.69) is 15.0 Å². The zero-order valence-electron chi connectivity index (χ0n) is 15.4. The van der Waals surface area contributed by atoms with Crippen molar-refractivity contribution in [1.29, 1.82) is 0 Å². The third-order valence-electron chi connectivity index (χ3n) is 3.91. The van der Waals surface area contributed by atoms with Crippen LogP contribution in [0.4, 0.5) is 10.8 Å². The highest BCUT2D eigenvalue weighted by molar-refractivity contribution is 7.93. The van der Waals surface area contributed by atoms with Crippen LogP contribution in [-0.2, 0) is 21.2 Å². The molecule has 2 aromatic carbocycles. The fourth-order valence-electron chi connectivity index (χ4n) is 2.49. The number of aryl methyl sites for hydroxylation is 1. The lowest BCUT2D eigenvalue weighted by atomic mass is 10.1. The lowest BCUT2D eigenvalue weighted by Crippen LogP contribution is -2.19. The molecular formula is C19H18N4O4S2. The van der Waals surface area contributed by atoms with Gasteiger partial charge in [0.1, 0.15) is 0 Å². The van der Waals surface area contributed by atoms with E-state index in [9.17, 15) is 18.0 Å². The summed E-state index contributed by atoms with van der Waals surface area (Å²) in [6.07, 6.45) is -0.0874. The maximum atomic E-state index is 12.4. The summed E-state index contributed by atoms with van der Waals surface area (Å²) < 4.78 is 27.2. The number of carbonyl (C=O) groups excluding carboxylic acids is 2. The summed E-state index contributed by atoms with van der Waals surface area (Å²) in [7, 11) is -3.76. The third kappa shape index (κ3) is 5.18. The Bertz CT molecular complexity index is 1150. The minimum Gasteiger partial charge on any atom is -0.366 e. The molecule has 1 aromatic heterocycles. The monoisotopic (exact) mass is 430 g/mol. The van der Waals surface area contributed by atoms with Crippen molar-refractivity contribution in [3.63, 3.8) is 0 Å². The summed E-state index contributed by atoms with van der Waals surface area (Å²) in [4.78, 5) is 28.0. The first-order valence-electron chi connectivity index (χ1n) is 8.47. The number of hydrogen-bond acceptors (Lipinski definition) is 6. The molecule has 0 radical (unpaired) electrons. The van der Waals surface area contributed by atoms with Gasteiger partial charge in [0.2, 0.25) is 5.91 Å². The lowest BCUT2D eigenvalue weighted by Gasteiger charge is -2.08. The average molecular weight is 431 g/mol. The number of sulfonamides is 1. The van der Waals surface area contributed by atoms with Gasteiger partial charge in [0.15, 0.2) is 5.13 Å². The van der Waals surface area contributed by atoms with E-state index in [0.717, 1.165) is 16.9 Å². The van der Waals surface area contributed by atoms with Gasteiger partial charge < -0.3 is 11.1 Å². The highest BCUT2D eigenvalue weighted by atomic mass is 32.2. The maximum Gasteiger partial charge on any atom is 0.263 e. The molecule has 3 rings (SSSR count). The van der Waals surface area contributed by atoms with Crippen molar-refractivity contribution in [2.75, 3.05) is 10.0 Å². The molecular weight excluding hydrogens is 412 g/mol. The molecule has 0 aliphatic carbocycles. The third-order valence-corrected chi connectivity index (χ3v) is 6.20. The van der Waals surface area contributed by atoms with Crippen molar-refractivity contribution >= 4 is 44.0 Å². The van der Waals surface area contributed by atoms with Gasteiger partial charge in [-0.1, -0.05) is 29.8 Å². The number of amides is 2. The maximum absolute atomic E-state index is 12.4. The highest BCUT2D eigenvalue weighted by Gasteiger charge is 2.17. The average Bonchev–Trinajstić information content (AvgIpc) is 3.08. The van der Waals surface area contributed by atoms with Gasteiger partial charge in [-0.15, -0.1) is 11.3 Å². The molecule has 0 fully saturated rings. The Morgan fingerprint density at radius 2 is 1.79 bits per heavy atom. The molecule has 0 unspecified atom stereocenters. The van der Waals surface area contributed by atoms with Gasteiger partial charge in [-0.05, 0) is 31.2 Å². The van der Waals surface area contributed by atoms with E-state index in [1.54, 1.807) is 35.7 Å². The van der Waals surface area contributed by atoms with E-state index in [4.69, 9.17) is 5.73 Å². The van der Waals surface area contributed by atoms with Gasteiger partial charge in [0, 0.05) is 5.38 Å². The first-order chi connectivity index (χ1) is 13.7. The number of benzene rings is 2. The van der Waals surface area contributed by atoms with Crippen molar-refractivity contribution in [2.45, 2.75) is 18.2 Å². The number of para-hydroxylation sites is 1. The van der Waals surface area contributed by atoms with Gasteiger partial charge in [0.25, 0.3) is 15.9 Å². The number of rotatable bonds is 7. The molecule has 150 valence electrons. The fraction of sp³-hybridized carbons (Fsp3) is 0.105. The molecule has 4 N–H and O–H groups in total. The quantitative estimate of drug-likeness (QED) is 0.530. The van der Waals surface area contributed by atoms with Crippen molar-refractivity contribution < 1.29 is 18.0 Å². The minimum absolute atomic E-state index is 0.0874. The summed E-state index contributed by atoms with van der Waals surface area (Å²) in [5.74, 6) is -1.06. The van der Waals surface area contributed by atoms with E-state index in [-0.39, 0.29) is 22.0 Å². The van der Waals surface area contributed by atoms with Crippen LogP contribution in [0, 0.1) is 6.92 Å². The molecule has 0 saturated carbocycles. The molecule has 29 heavy (non-hydrogen) atoms. The molecule has 1 heterocycles. The Kier molecular flexibility index (Phi) is 5.95. The van der Waals surface area contributed by atoms with Gasteiger partial charge >= 0.3 is 0 Å². The molecule has 10 heteroatoms. The van der Waals surface area contributed by atoms with Crippen LogP contribution in [0.5, 0.6) is 0 Å². The van der Waals surface area contributed by atoms with Gasteiger partial charge in [-0.3, -0.25) is 14.3 Å². The number of anilines is 2. The minimum atomic E-state index is -3.76. The van der Waals surface area contributed by atoms with E-state index in [0.29, 0.717) is 11.4 Å². The van der Waals surface area contributed by atoms with Crippen LogP contribution in [0.2, 0.25) is 0 Å². The number of nitrogens with one attached hydrogen (secondary N) is 2. The van der Waals surface area contributed by atoms with Gasteiger partial charge in [-0.25, -0.2) is 13.4 Å². The number of nitrogens with zero attached hydrogens (tertiary/aromatic N) is 1. The molecule has 0 saturated heterocycles. The summed E-state index contributed by atoms with van der Waals surface area (Å²) in [5, 5.41) is 4.36. The molecule has 3 aromatic rings. The van der Waals surface area contributed by atoms with E-state index >= 15 is 0 Å². The molecule has 2 amide bonds. The Hall–Kier alpha value is -3.24. The van der Waals surface area contributed by atoms with Crippen molar-refractivity contribution in [1.82, 2.24) is 4.98 Å². The number of hydrogen-bond donors (Lipinski definition) is 3. The van der Waals surface area contributed by atoms with E-state index < -0.39 is 21.8 Å². The fourth-order valence-corrected chi connectivity index (χ4v) is 4.46. The number of primary amides is 1. The molecule has 0 bridgehead atoms. The van der Waals surface area contributed by atoms with Crippen molar-refractivity contribution in [3.8, 4) is 0 Å². The molecule has 0 atom stereocenters. The second kappa shape index (κ2) is 8.41. The first kappa shape index (κ1) is 20.5. The zero-order chi connectivity index (χ0) is 21.0. The zero-order valence-corrected chi connectivity index (χ0v) is 17.0. The van der Waals surface area contributed by atoms with Crippen molar-refractivity contribution in [2.24, 2.45) is 5.73 Å². The predicted molar refractivity (Wildman–Crippen MR) is 111 cm³/mol. The second-order valence-electron chi connectivity index (χ2n) is 6.20. The predicted octanol–water partition coefficient (Wildman–Crippen LogP) is 2.53. The second-order valence-corrected chi connectivity index (χ2v) is 8.74. The number of thiazole rings is 1. The Labute approximate surface area is 171 Å². The van der Waals surface area contributed by atoms with E-state index in [1.807, 2.05) is 6.92 Å². The Morgan fingerprint density at radius 3 is 2.48 bits per heavy atom. The highest BCUT2D eigenvalue weighted by Crippen LogP contribution is 2.21. The lowest BCUT2D eigenvalue weighted by molar-refractivity contribution is -0.115. The number of carbonyl (C=O) groups is 2. The normalized spacial score (nSPS) is 11.1. The van der Waals surface area contributed by atoms with Crippen LogP contribution in [0.3, 0.4) is 0 Å². The van der Waals surface area contributed by atoms with Crippen LogP contribution in [0.25, 0.3) is 0 Å². The van der Waals surface area contributed by atoms with Gasteiger partial charge in [-0.2, -0.15) is 0 Å². The van der Waals surface area contributed by atoms with Crippen LogP contribution >= 0.6 is 11.3 Å². The van der Waals surface area contributed by atoms with Gasteiger partial charge in [0.05, 0.1) is 28.3 Å². The van der Waals surface area contributed by atoms with Crippen LogP contribution in [0.1, 0.15) is 21.6 Å². The molecule has 0 aliphatic heterocycles.